The first-order chi connectivity index (χ1) is 14.1. The van der Waals surface area contributed by atoms with Crippen LogP contribution in [0.1, 0.15) is 25.2 Å². The number of aromatic nitrogens is 3. The third-order valence-electron chi connectivity index (χ3n) is 4.69. The minimum absolute atomic E-state index is 0.0700. The fraction of sp³-hybridized carbons (Fsp3) is 0.350. The monoisotopic (exact) mass is 414 g/mol. The Morgan fingerprint density at radius 2 is 2.10 bits per heavy atom. The second-order valence-corrected chi connectivity index (χ2v) is 7.91. The molecule has 1 atom stereocenters. The Morgan fingerprint density at radius 1 is 1.28 bits per heavy atom. The van der Waals surface area contributed by atoms with Crippen LogP contribution >= 0.6 is 11.8 Å². The molecule has 1 aliphatic heterocycles. The van der Waals surface area contributed by atoms with Gasteiger partial charge in [0.15, 0.2) is 22.5 Å². The summed E-state index contributed by atoms with van der Waals surface area (Å²) in [6.45, 7) is 7.12. The van der Waals surface area contributed by atoms with Gasteiger partial charge in [-0.15, -0.1) is 10.2 Å². The molecule has 0 saturated heterocycles. The molecule has 29 heavy (non-hydrogen) atoms. The summed E-state index contributed by atoms with van der Waals surface area (Å²) in [4.78, 5) is 12.6. The predicted octanol–water partition coefficient (Wildman–Crippen LogP) is 3.39. The molecule has 4 rings (SSSR count). The van der Waals surface area contributed by atoms with Crippen LogP contribution in [0.4, 0.5) is 0 Å². The van der Waals surface area contributed by atoms with Crippen LogP contribution in [0, 0.1) is 6.92 Å². The zero-order valence-electron chi connectivity index (χ0n) is 16.5. The molecule has 3 heterocycles. The molecule has 2 aromatic heterocycles. The molecule has 0 saturated carbocycles. The van der Waals surface area contributed by atoms with Gasteiger partial charge in [-0.05, 0) is 44.5 Å². The Kier molecular flexibility index (Phi) is 5.48. The molecule has 1 amide bonds. The van der Waals surface area contributed by atoms with E-state index in [2.05, 4.69) is 15.5 Å². The van der Waals surface area contributed by atoms with Crippen molar-refractivity contribution < 1.29 is 18.7 Å². The Hall–Kier alpha value is -2.94. The van der Waals surface area contributed by atoms with Crippen LogP contribution in [0.2, 0.25) is 0 Å². The number of ether oxygens (including phenoxy) is 2. The fourth-order valence-corrected chi connectivity index (χ4v) is 4.01. The van der Waals surface area contributed by atoms with Crippen LogP contribution in [0.3, 0.4) is 0 Å². The fourth-order valence-electron chi connectivity index (χ4n) is 3.07. The Bertz CT molecular complexity index is 1030. The van der Waals surface area contributed by atoms with Gasteiger partial charge in [-0.2, -0.15) is 0 Å². The van der Waals surface area contributed by atoms with E-state index in [-0.39, 0.29) is 18.0 Å². The molecule has 9 heteroatoms. The largest absolute Gasteiger partial charge is 0.469 e. The molecule has 152 valence electrons. The summed E-state index contributed by atoms with van der Waals surface area (Å²) < 4.78 is 18.1. The van der Waals surface area contributed by atoms with Crippen molar-refractivity contribution in [3.8, 4) is 22.9 Å². The SMILES string of the molecule is CCn1c(S[C@H](C)C(=O)NCc2ccc3c(c2)OCO3)nnc1-c1ccoc1C. The van der Waals surface area contributed by atoms with E-state index in [1.54, 1.807) is 6.26 Å². The van der Waals surface area contributed by atoms with Gasteiger partial charge in [0.05, 0.1) is 17.1 Å². The minimum atomic E-state index is -0.322. The van der Waals surface area contributed by atoms with Crippen molar-refractivity contribution >= 4 is 17.7 Å². The van der Waals surface area contributed by atoms with Gasteiger partial charge >= 0.3 is 0 Å². The maximum Gasteiger partial charge on any atom is 0.233 e. The average Bonchev–Trinajstić information content (AvgIpc) is 3.44. The molecule has 1 aliphatic rings. The molecule has 1 aromatic carbocycles. The van der Waals surface area contributed by atoms with Crippen LogP contribution in [0.5, 0.6) is 11.5 Å². The molecule has 0 radical (unpaired) electrons. The van der Waals surface area contributed by atoms with E-state index in [0.29, 0.717) is 24.0 Å². The number of nitrogens with one attached hydrogen (secondary N) is 1. The van der Waals surface area contributed by atoms with Gasteiger partial charge in [-0.25, -0.2) is 0 Å². The summed E-state index contributed by atoms with van der Waals surface area (Å²) in [5.41, 5.74) is 1.86. The maximum absolute atomic E-state index is 12.6. The van der Waals surface area contributed by atoms with E-state index in [1.165, 1.54) is 11.8 Å². The number of carbonyl (C=O) groups excluding carboxylic acids is 1. The summed E-state index contributed by atoms with van der Waals surface area (Å²) >= 11 is 1.38. The van der Waals surface area contributed by atoms with Crippen molar-refractivity contribution in [3.05, 3.63) is 41.9 Å². The van der Waals surface area contributed by atoms with Gasteiger partial charge in [0.2, 0.25) is 12.7 Å². The van der Waals surface area contributed by atoms with E-state index in [9.17, 15) is 4.79 Å². The average molecular weight is 414 g/mol. The van der Waals surface area contributed by atoms with Crippen LogP contribution in [0.25, 0.3) is 11.4 Å². The number of nitrogens with zero attached hydrogens (tertiary/aromatic N) is 3. The maximum atomic E-state index is 12.6. The lowest BCUT2D eigenvalue weighted by Gasteiger charge is -2.13. The number of benzene rings is 1. The number of rotatable bonds is 7. The third-order valence-corrected chi connectivity index (χ3v) is 5.77. The van der Waals surface area contributed by atoms with Gasteiger partial charge < -0.3 is 23.8 Å². The molecule has 3 aromatic rings. The molecule has 1 N–H and O–H groups in total. The van der Waals surface area contributed by atoms with Gasteiger partial charge in [0.25, 0.3) is 0 Å². The number of aryl methyl sites for hydroxylation is 1. The standard InChI is InChI=1S/C20H22N4O4S/c1-4-24-18(15-7-8-26-12(15)2)22-23-20(24)29-13(3)19(25)21-10-14-5-6-16-17(9-14)28-11-27-16/h5-9,13H,4,10-11H2,1-3H3,(H,21,25)/t13-/m1/s1. The smallest absolute Gasteiger partial charge is 0.233 e. The lowest BCUT2D eigenvalue weighted by Crippen LogP contribution is -2.30. The number of hydrogen-bond acceptors (Lipinski definition) is 7. The van der Waals surface area contributed by atoms with Gasteiger partial charge in [0, 0.05) is 13.1 Å². The zero-order valence-corrected chi connectivity index (χ0v) is 17.3. The highest BCUT2D eigenvalue weighted by molar-refractivity contribution is 8.00. The summed E-state index contributed by atoms with van der Waals surface area (Å²) in [7, 11) is 0. The second-order valence-electron chi connectivity index (χ2n) is 6.61. The molecule has 0 aliphatic carbocycles. The lowest BCUT2D eigenvalue weighted by molar-refractivity contribution is -0.120. The predicted molar refractivity (Wildman–Crippen MR) is 108 cm³/mol. The van der Waals surface area contributed by atoms with Gasteiger partial charge in [-0.1, -0.05) is 17.8 Å². The number of thioether (sulfide) groups is 1. The van der Waals surface area contributed by atoms with Crippen LogP contribution in [0.15, 0.2) is 40.1 Å². The first-order valence-electron chi connectivity index (χ1n) is 9.37. The number of furan rings is 1. The number of carbonyl (C=O) groups is 1. The summed E-state index contributed by atoms with van der Waals surface area (Å²) in [6, 6.07) is 7.53. The summed E-state index contributed by atoms with van der Waals surface area (Å²) in [5, 5.41) is 11.9. The Labute approximate surface area is 172 Å². The van der Waals surface area contributed by atoms with Crippen molar-refractivity contribution in [2.24, 2.45) is 0 Å². The first kappa shape index (κ1) is 19.4. The van der Waals surface area contributed by atoms with E-state index >= 15 is 0 Å². The van der Waals surface area contributed by atoms with Crippen LogP contribution in [-0.2, 0) is 17.9 Å². The zero-order chi connectivity index (χ0) is 20.4. The first-order valence-corrected chi connectivity index (χ1v) is 10.2. The minimum Gasteiger partial charge on any atom is -0.469 e. The highest BCUT2D eigenvalue weighted by Gasteiger charge is 2.21. The molecular weight excluding hydrogens is 392 g/mol. The van der Waals surface area contributed by atoms with Gasteiger partial charge in [-0.3, -0.25) is 4.79 Å². The third kappa shape index (κ3) is 3.95. The molecule has 8 nitrogen and oxygen atoms in total. The van der Waals surface area contributed by atoms with Crippen molar-refractivity contribution in [2.75, 3.05) is 6.79 Å². The normalized spacial score (nSPS) is 13.5. The van der Waals surface area contributed by atoms with E-state index in [0.717, 1.165) is 28.5 Å². The number of fused-ring (bicyclic) bond motifs is 1. The van der Waals surface area contributed by atoms with Crippen molar-refractivity contribution in [2.45, 2.75) is 44.3 Å². The summed E-state index contributed by atoms with van der Waals surface area (Å²) in [6.07, 6.45) is 1.64. The van der Waals surface area contributed by atoms with E-state index < -0.39 is 0 Å². The van der Waals surface area contributed by atoms with Crippen molar-refractivity contribution in [1.29, 1.82) is 0 Å². The number of amides is 1. The quantitative estimate of drug-likeness (QED) is 0.593. The topological polar surface area (TPSA) is 91.4 Å². The molecule has 0 bridgehead atoms. The molecular formula is C20H22N4O4S. The number of hydrogen-bond donors (Lipinski definition) is 1. The van der Waals surface area contributed by atoms with Gasteiger partial charge in [0.1, 0.15) is 5.76 Å². The molecule has 0 spiro atoms. The van der Waals surface area contributed by atoms with E-state index in [4.69, 9.17) is 13.9 Å². The second kappa shape index (κ2) is 8.20. The van der Waals surface area contributed by atoms with Crippen LogP contribution < -0.4 is 14.8 Å². The highest BCUT2D eigenvalue weighted by atomic mass is 32.2. The Balaban J connectivity index is 1.40. The lowest BCUT2D eigenvalue weighted by atomic mass is 10.2. The molecule has 0 unspecified atom stereocenters. The summed E-state index contributed by atoms with van der Waals surface area (Å²) in [5.74, 6) is 2.90. The van der Waals surface area contributed by atoms with Crippen LogP contribution in [-0.4, -0.2) is 32.7 Å². The molecule has 0 fully saturated rings. The van der Waals surface area contributed by atoms with E-state index in [1.807, 2.05) is 49.6 Å². The highest BCUT2D eigenvalue weighted by Crippen LogP contribution is 2.32. The van der Waals surface area contributed by atoms with Crippen molar-refractivity contribution in [3.63, 3.8) is 0 Å². The Morgan fingerprint density at radius 3 is 2.86 bits per heavy atom. The van der Waals surface area contributed by atoms with Crippen molar-refractivity contribution in [1.82, 2.24) is 20.1 Å².